The zero-order valence-corrected chi connectivity index (χ0v) is 16.3. The molecule has 2 aromatic rings. The summed E-state index contributed by atoms with van der Waals surface area (Å²) < 4.78 is 13.7. The van der Waals surface area contributed by atoms with Crippen LogP contribution < -0.4 is 16.0 Å². The molecule has 0 fully saturated rings. The van der Waals surface area contributed by atoms with Crippen molar-refractivity contribution in [3.8, 4) is 0 Å². The number of halogens is 1. The Balaban J connectivity index is 1.98. The molecular formula is C21H22FN3OS. The number of hydrogen-bond donors (Lipinski definition) is 3. The van der Waals surface area contributed by atoms with Crippen LogP contribution in [0.5, 0.6) is 0 Å². The number of thiocarbonyl (C=S) groups is 1. The van der Waals surface area contributed by atoms with Crippen molar-refractivity contribution in [1.82, 2.24) is 10.6 Å². The molecular weight excluding hydrogens is 361 g/mol. The highest BCUT2D eigenvalue weighted by Gasteiger charge is 2.30. The molecule has 2 aromatic carbocycles. The monoisotopic (exact) mass is 383 g/mol. The van der Waals surface area contributed by atoms with Crippen molar-refractivity contribution >= 4 is 28.9 Å². The summed E-state index contributed by atoms with van der Waals surface area (Å²) >= 11 is 5.24. The van der Waals surface area contributed by atoms with E-state index < -0.39 is 6.04 Å². The molecule has 4 nitrogen and oxygen atoms in total. The molecule has 1 amide bonds. The average Bonchev–Trinajstić information content (AvgIpc) is 2.61. The molecule has 0 aromatic heterocycles. The Morgan fingerprint density at radius 1 is 1.19 bits per heavy atom. The summed E-state index contributed by atoms with van der Waals surface area (Å²) in [6.07, 6.45) is 0. The number of para-hydroxylation sites is 1. The number of amides is 1. The standard InChI is InChI=1S/C21H22FN3OS/c1-12(2)16-9-4-5-10-17(16)24-20(26)18-13(3)23-21(27)25-19(18)14-7-6-8-15(22)11-14/h4-12,19H,1-3H3,(H,24,26)(H2,23,25,27)/t19-/m0/s1. The smallest absolute Gasteiger partial charge is 0.255 e. The fourth-order valence-electron chi connectivity index (χ4n) is 3.23. The molecule has 0 saturated heterocycles. The highest BCUT2D eigenvalue weighted by atomic mass is 32.1. The van der Waals surface area contributed by atoms with E-state index in [2.05, 4.69) is 29.8 Å². The number of carbonyl (C=O) groups excluding carboxylic acids is 1. The molecule has 6 heteroatoms. The van der Waals surface area contributed by atoms with Gasteiger partial charge >= 0.3 is 0 Å². The normalized spacial score (nSPS) is 16.8. The first-order valence-electron chi connectivity index (χ1n) is 8.81. The van der Waals surface area contributed by atoms with Gasteiger partial charge in [-0.05, 0) is 54.4 Å². The molecule has 0 saturated carbocycles. The fraction of sp³-hybridized carbons (Fsp3) is 0.238. The van der Waals surface area contributed by atoms with Gasteiger partial charge in [0.1, 0.15) is 5.82 Å². The van der Waals surface area contributed by atoms with Gasteiger partial charge in [0.15, 0.2) is 5.11 Å². The van der Waals surface area contributed by atoms with Gasteiger partial charge in [-0.2, -0.15) is 0 Å². The molecule has 3 N–H and O–H groups in total. The Hall–Kier alpha value is -2.73. The zero-order valence-electron chi connectivity index (χ0n) is 15.5. The first kappa shape index (κ1) is 19.0. The third-order valence-electron chi connectivity index (χ3n) is 4.53. The van der Waals surface area contributed by atoms with Crippen LogP contribution >= 0.6 is 12.2 Å². The van der Waals surface area contributed by atoms with Gasteiger partial charge in [0.2, 0.25) is 0 Å². The average molecular weight is 383 g/mol. The van der Waals surface area contributed by atoms with Crippen LogP contribution in [0.25, 0.3) is 0 Å². The molecule has 0 unspecified atom stereocenters. The molecule has 0 aliphatic carbocycles. The van der Waals surface area contributed by atoms with Crippen molar-refractivity contribution < 1.29 is 9.18 Å². The summed E-state index contributed by atoms with van der Waals surface area (Å²) in [6, 6.07) is 13.4. The van der Waals surface area contributed by atoms with Crippen LogP contribution in [0.3, 0.4) is 0 Å². The van der Waals surface area contributed by atoms with E-state index in [1.165, 1.54) is 12.1 Å². The second kappa shape index (κ2) is 7.88. The summed E-state index contributed by atoms with van der Waals surface area (Å²) in [5, 5.41) is 9.48. The Kier molecular flexibility index (Phi) is 5.56. The third kappa shape index (κ3) is 4.17. The minimum absolute atomic E-state index is 0.252. The van der Waals surface area contributed by atoms with Gasteiger partial charge in [0.05, 0.1) is 11.6 Å². The number of rotatable bonds is 4. The van der Waals surface area contributed by atoms with Crippen molar-refractivity contribution in [2.45, 2.75) is 32.7 Å². The van der Waals surface area contributed by atoms with Gasteiger partial charge in [-0.15, -0.1) is 0 Å². The predicted octanol–water partition coefficient (Wildman–Crippen LogP) is 4.38. The molecule has 140 valence electrons. The summed E-state index contributed by atoms with van der Waals surface area (Å²) in [5.74, 6) is -0.343. The van der Waals surface area contributed by atoms with Crippen LogP contribution in [-0.2, 0) is 4.79 Å². The van der Waals surface area contributed by atoms with E-state index in [0.29, 0.717) is 21.9 Å². The molecule has 1 aliphatic heterocycles. The molecule has 1 atom stereocenters. The quantitative estimate of drug-likeness (QED) is 0.686. The number of benzene rings is 2. The maximum Gasteiger partial charge on any atom is 0.255 e. The lowest BCUT2D eigenvalue weighted by Gasteiger charge is -2.30. The van der Waals surface area contributed by atoms with Crippen molar-refractivity contribution in [3.63, 3.8) is 0 Å². The predicted molar refractivity (Wildman–Crippen MR) is 110 cm³/mol. The summed E-state index contributed by atoms with van der Waals surface area (Å²) in [4.78, 5) is 13.1. The summed E-state index contributed by atoms with van der Waals surface area (Å²) in [7, 11) is 0. The van der Waals surface area contributed by atoms with Gasteiger partial charge in [0.25, 0.3) is 5.91 Å². The van der Waals surface area contributed by atoms with Crippen molar-refractivity contribution in [3.05, 3.63) is 76.7 Å². The summed E-state index contributed by atoms with van der Waals surface area (Å²) in [6.45, 7) is 5.95. The lowest BCUT2D eigenvalue weighted by atomic mass is 9.94. The highest BCUT2D eigenvalue weighted by Crippen LogP contribution is 2.30. The highest BCUT2D eigenvalue weighted by molar-refractivity contribution is 7.80. The SMILES string of the molecule is CC1=C(C(=O)Nc2ccccc2C(C)C)[C@H](c2cccc(F)c2)NC(=S)N1. The second-order valence-electron chi connectivity index (χ2n) is 6.82. The maximum atomic E-state index is 13.7. The number of anilines is 1. The van der Waals surface area contributed by atoms with Crippen LogP contribution in [0, 0.1) is 5.82 Å². The second-order valence-corrected chi connectivity index (χ2v) is 7.23. The Labute approximate surface area is 163 Å². The van der Waals surface area contributed by atoms with Gasteiger partial charge in [-0.3, -0.25) is 4.79 Å². The minimum atomic E-state index is -0.527. The molecule has 0 spiro atoms. The van der Waals surface area contributed by atoms with E-state index >= 15 is 0 Å². The minimum Gasteiger partial charge on any atom is -0.351 e. The van der Waals surface area contributed by atoms with Crippen molar-refractivity contribution in [2.75, 3.05) is 5.32 Å². The van der Waals surface area contributed by atoms with Crippen molar-refractivity contribution in [2.24, 2.45) is 0 Å². The van der Waals surface area contributed by atoms with Gasteiger partial charge in [-0.1, -0.05) is 44.2 Å². The van der Waals surface area contributed by atoms with E-state index in [9.17, 15) is 9.18 Å². The lowest BCUT2D eigenvalue weighted by molar-refractivity contribution is -0.113. The topological polar surface area (TPSA) is 53.2 Å². The van der Waals surface area contributed by atoms with Crippen LogP contribution in [0.1, 0.15) is 43.9 Å². The van der Waals surface area contributed by atoms with Crippen LogP contribution in [0.4, 0.5) is 10.1 Å². The Bertz CT molecular complexity index is 923. The van der Waals surface area contributed by atoms with E-state index in [-0.39, 0.29) is 17.6 Å². The largest absolute Gasteiger partial charge is 0.351 e. The van der Waals surface area contributed by atoms with Crippen LogP contribution in [0.15, 0.2) is 59.8 Å². The molecule has 27 heavy (non-hydrogen) atoms. The molecule has 3 rings (SSSR count). The van der Waals surface area contributed by atoms with Gasteiger partial charge in [0, 0.05) is 11.4 Å². The maximum absolute atomic E-state index is 13.7. The van der Waals surface area contributed by atoms with Crippen LogP contribution in [-0.4, -0.2) is 11.0 Å². The number of allylic oxidation sites excluding steroid dienone is 1. The Morgan fingerprint density at radius 3 is 2.63 bits per heavy atom. The fourth-order valence-corrected chi connectivity index (χ4v) is 3.51. The zero-order chi connectivity index (χ0) is 19.6. The summed E-state index contributed by atoms with van der Waals surface area (Å²) in [5.41, 5.74) is 3.59. The van der Waals surface area contributed by atoms with E-state index in [4.69, 9.17) is 12.2 Å². The molecule has 1 aliphatic rings. The van der Waals surface area contributed by atoms with E-state index in [1.54, 1.807) is 19.1 Å². The Morgan fingerprint density at radius 2 is 1.93 bits per heavy atom. The van der Waals surface area contributed by atoms with Crippen molar-refractivity contribution in [1.29, 1.82) is 0 Å². The van der Waals surface area contributed by atoms with E-state index in [0.717, 1.165) is 11.3 Å². The first-order valence-corrected chi connectivity index (χ1v) is 9.21. The van der Waals surface area contributed by atoms with Gasteiger partial charge in [-0.25, -0.2) is 4.39 Å². The van der Waals surface area contributed by atoms with E-state index in [1.807, 2.05) is 24.3 Å². The molecule has 0 radical (unpaired) electrons. The lowest BCUT2D eigenvalue weighted by Crippen LogP contribution is -2.45. The molecule has 0 bridgehead atoms. The number of nitrogens with one attached hydrogen (secondary N) is 3. The third-order valence-corrected chi connectivity index (χ3v) is 4.75. The van der Waals surface area contributed by atoms with Crippen LogP contribution in [0.2, 0.25) is 0 Å². The first-order chi connectivity index (χ1) is 12.9. The number of hydrogen-bond acceptors (Lipinski definition) is 2. The molecule has 1 heterocycles. The van der Waals surface area contributed by atoms with Gasteiger partial charge < -0.3 is 16.0 Å². The number of carbonyl (C=O) groups is 1.